The lowest BCUT2D eigenvalue weighted by atomic mass is 10.7. The molecule has 0 aliphatic rings. The lowest BCUT2D eigenvalue weighted by Crippen LogP contribution is -2.15. The summed E-state index contributed by atoms with van der Waals surface area (Å²) in [7, 11) is 0. The van der Waals surface area contributed by atoms with Crippen molar-refractivity contribution in [2.75, 3.05) is 79.3 Å². The van der Waals surface area contributed by atoms with E-state index in [0.717, 1.165) is 0 Å². The van der Waals surface area contributed by atoms with Gasteiger partial charge in [-0.15, -0.1) is 0 Å². The van der Waals surface area contributed by atoms with Crippen molar-refractivity contribution < 1.29 is 28.1 Å². The highest BCUT2D eigenvalue weighted by molar-refractivity contribution is 4.36. The van der Waals surface area contributed by atoms with E-state index < -0.39 is 6.67 Å². The van der Waals surface area contributed by atoms with Crippen LogP contribution in [0.1, 0.15) is 0 Å². The van der Waals surface area contributed by atoms with Gasteiger partial charge in [-0.2, -0.15) is 0 Å². The summed E-state index contributed by atoms with van der Waals surface area (Å²) in [4.78, 5) is 0. The molecule has 0 aromatic heterocycles. The summed E-state index contributed by atoms with van der Waals surface area (Å²) in [5.74, 6) is 0. The zero-order valence-corrected chi connectivity index (χ0v) is 11.5. The maximum atomic E-state index is 11.6. The van der Waals surface area contributed by atoms with Gasteiger partial charge < -0.3 is 29.4 Å². The van der Waals surface area contributed by atoms with E-state index in [-0.39, 0.29) is 6.61 Å². The van der Waals surface area contributed by atoms with E-state index in [1.165, 1.54) is 0 Å². The van der Waals surface area contributed by atoms with Gasteiger partial charge in [0.15, 0.2) is 0 Å². The minimum atomic E-state index is -0.458. The van der Waals surface area contributed by atoms with Crippen LogP contribution in [0.3, 0.4) is 0 Å². The normalized spacial score (nSPS) is 11.1. The lowest BCUT2D eigenvalue weighted by molar-refractivity contribution is -0.0112. The Labute approximate surface area is 114 Å². The maximum absolute atomic E-state index is 11.6. The molecule has 0 radical (unpaired) electrons. The van der Waals surface area contributed by atoms with Crippen LogP contribution >= 0.6 is 0 Å². The molecule has 116 valence electrons. The van der Waals surface area contributed by atoms with Crippen molar-refractivity contribution in [1.82, 2.24) is 0 Å². The molecule has 0 saturated heterocycles. The third-order valence-electron chi connectivity index (χ3n) is 1.97. The van der Waals surface area contributed by atoms with E-state index in [0.29, 0.717) is 66.0 Å². The molecule has 2 N–H and O–H groups in total. The molecule has 0 aliphatic heterocycles. The summed E-state index contributed by atoms with van der Waals surface area (Å²) in [6.07, 6.45) is 0. The highest BCUT2D eigenvalue weighted by Crippen LogP contribution is 1.83. The summed E-state index contributed by atoms with van der Waals surface area (Å²) in [6.45, 7) is 4.80. The van der Waals surface area contributed by atoms with Gasteiger partial charge in [0.1, 0.15) is 6.67 Å². The van der Waals surface area contributed by atoms with Crippen LogP contribution in [0.15, 0.2) is 0 Å². The minimum absolute atomic E-state index is 0.131. The quantitative estimate of drug-likeness (QED) is 0.402. The zero-order valence-electron chi connectivity index (χ0n) is 11.5. The number of nitrogens with two attached hydrogens (primary N) is 1. The van der Waals surface area contributed by atoms with Gasteiger partial charge in [0, 0.05) is 6.54 Å². The van der Waals surface area contributed by atoms with E-state index in [1.807, 2.05) is 0 Å². The van der Waals surface area contributed by atoms with Crippen molar-refractivity contribution in [2.24, 2.45) is 5.73 Å². The van der Waals surface area contributed by atoms with E-state index in [1.54, 1.807) is 0 Å². The summed E-state index contributed by atoms with van der Waals surface area (Å²) in [6, 6.07) is 0. The van der Waals surface area contributed by atoms with E-state index in [4.69, 9.17) is 29.4 Å². The Morgan fingerprint density at radius 1 is 0.526 bits per heavy atom. The highest BCUT2D eigenvalue weighted by Gasteiger charge is 1.92. The molecule has 0 spiro atoms. The molecule has 0 saturated carbocycles. The molecular weight excluding hydrogens is 257 g/mol. The van der Waals surface area contributed by atoms with Gasteiger partial charge in [-0.1, -0.05) is 0 Å². The van der Waals surface area contributed by atoms with Crippen LogP contribution in [0.2, 0.25) is 0 Å². The zero-order chi connectivity index (χ0) is 14.0. The molecule has 0 aliphatic carbocycles. The molecule has 19 heavy (non-hydrogen) atoms. The Bertz CT molecular complexity index is 149. The predicted molar refractivity (Wildman–Crippen MR) is 69.1 cm³/mol. The van der Waals surface area contributed by atoms with Crippen LogP contribution in [0, 0.1) is 0 Å². The number of hydrogen-bond acceptors (Lipinski definition) is 6. The number of ether oxygens (including phenoxy) is 5. The second-order valence-electron chi connectivity index (χ2n) is 3.54. The van der Waals surface area contributed by atoms with Gasteiger partial charge in [0.25, 0.3) is 0 Å². The highest BCUT2D eigenvalue weighted by atomic mass is 19.1. The monoisotopic (exact) mass is 283 g/mol. The first-order valence-corrected chi connectivity index (χ1v) is 6.56. The average Bonchev–Trinajstić information content (AvgIpc) is 2.43. The first kappa shape index (κ1) is 18.7. The fraction of sp³-hybridized carbons (Fsp3) is 1.00. The SMILES string of the molecule is NCCOCCOCCOCCOCCOCCF. The van der Waals surface area contributed by atoms with Gasteiger partial charge in [0.2, 0.25) is 0 Å². The summed E-state index contributed by atoms with van der Waals surface area (Å²) >= 11 is 0. The molecule has 0 bridgehead atoms. The number of rotatable bonds is 16. The van der Waals surface area contributed by atoms with Crippen molar-refractivity contribution in [3.63, 3.8) is 0 Å². The third-order valence-corrected chi connectivity index (χ3v) is 1.97. The van der Waals surface area contributed by atoms with Gasteiger partial charge in [-0.05, 0) is 0 Å². The van der Waals surface area contributed by atoms with Crippen LogP contribution < -0.4 is 5.73 Å². The molecule has 7 heteroatoms. The standard InChI is InChI=1S/C12H26FNO5/c13-1-3-15-5-7-17-9-11-19-12-10-18-8-6-16-4-2-14/h1-12,14H2. The van der Waals surface area contributed by atoms with Crippen molar-refractivity contribution >= 4 is 0 Å². The molecule has 0 heterocycles. The van der Waals surface area contributed by atoms with Gasteiger partial charge >= 0.3 is 0 Å². The Balaban J connectivity index is 2.88. The Morgan fingerprint density at radius 3 is 1.16 bits per heavy atom. The fourth-order valence-corrected chi connectivity index (χ4v) is 1.12. The van der Waals surface area contributed by atoms with E-state index in [9.17, 15) is 4.39 Å². The predicted octanol–water partition coefficient (Wildman–Crippen LogP) is -0.00240. The van der Waals surface area contributed by atoms with Gasteiger partial charge in [-0.3, -0.25) is 0 Å². The van der Waals surface area contributed by atoms with Crippen LogP contribution in [-0.4, -0.2) is 79.3 Å². The average molecular weight is 283 g/mol. The van der Waals surface area contributed by atoms with Crippen LogP contribution in [0.4, 0.5) is 4.39 Å². The number of halogens is 1. The summed E-state index contributed by atoms with van der Waals surface area (Å²) in [5.41, 5.74) is 5.26. The number of alkyl halides is 1. The second-order valence-corrected chi connectivity index (χ2v) is 3.54. The van der Waals surface area contributed by atoms with E-state index >= 15 is 0 Å². The molecule has 0 aromatic rings. The summed E-state index contributed by atoms with van der Waals surface area (Å²) in [5, 5.41) is 0. The Morgan fingerprint density at radius 2 is 0.842 bits per heavy atom. The van der Waals surface area contributed by atoms with Gasteiger partial charge in [-0.25, -0.2) is 4.39 Å². The minimum Gasteiger partial charge on any atom is -0.378 e. The molecule has 0 amide bonds. The van der Waals surface area contributed by atoms with Crippen molar-refractivity contribution in [3.05, 3.63) is 0 Å². The van der Waals surface area contributed by atoms with Crippen LogP contribution in [0.25, 0.3) is 0 Å². The number of hydrogen-bond donors (Lipinski definition) is 1. The molecule has 0 unspecified atom stereocenters. The maximum Gasteiger partial charge on any atom is 0.113 e. The molecule has 0 aromatic carbocycles. The topological polar surface area (TPSA) is 72.2 Å². The summed E-state index contributed by atoms with van der Waals surface area (Å²) < 4.78 is 37.4. The van der Waals surface area contributed by atoms with Crippen molar-refractivity contribution in [3.8, 4) is 0 Å². The fourth-order valence-electron chi connectivity index (χ4n) is 1.12. The molecule has 0 atom stereocenters. The third kappa shape index (κ3) is 17.7. The largest absolute Gasteiger partial charge is 0.378 e. The van der Waals surface area contributed by atoms with E-state index in [2.05, 4.69) is 0 Å². The Hall–Kier alpha value is -0.310. The van der Waals surface area contributed by atoms with Crippen LogP contribution in [-0.2, 0) is 23.7 Å². The smallest absolute Gasteiger partial charge is 0.113 e. The molecule has 0 fully saturated rings. The van der Waals surface area contributed by atoms with Crippen molar-refractivity contribution in [1.29, 1.82) is 0 Å². The first-order chi connectivity index (χ1) is 9.41. The second kappa shape index (κ2) is 17.7. The molecule has 6 nitrogen and oxygen atoms in total. The Kier molecular flexibility index (Phi) is 17.4. The lowest BCUT2D eigenvalue weighted by Gasteiger charge is -2.07. The van der Waals surface area contributed by atoms with Crippen LogP contribution in [0.5, 0.6) is 0 Å². The van der Waals surface area contributed by atoms with Crippen molar-refractivity contribution in [2.45, 2.75) is 0 Å². The molecular formula is C12H26FNO5. The molecule has 0 rings (SSSR count). The van der Waals surface area contributed by atoms with Gasteiger partial charge in [0.05, 0.1) is 66.1 Å². The first-order valence-electron chi connectivity index (χ1n) is 6.56.